The van der Waals surface area contributed by atoms with E-state index < -0.39 is 5.82 Å². The number of piperidine rings is 1. The first-order valence-electron chi connectivity index (χ1n) is 9.62. The maximum atomic E-state index is 14.3. The summed E-state index contributed by atoms with van der Waals surface area (Å²) < 4.78 is 19.4. The zero-order valence-electron chi connectivity index (χ0n) is 16.3. The molecule has 4 rings (SSSR count). The van der Waals surface area contributed by atoms with Gasteiger partial charge >= 0.3 is 0 Å². The third-order valence-electron chi connectivity index (χ3n) is 5.25. The van der Waals surface area contributed by atoms with Gasteiger partial charge in [-0.15, -0.1) is 0 Å². The molecule has 0 unspecified atom stereocenters. The number of rotatable bonds is 4. The standard InChI is InChI=1S/C22H24FN5O/c1-29-20-7-4-15(12-19(20)23)18-13-26-22(28-10-8-17(25)9-11-28)27-21(18)14-2-5-16(24)6-3-14/h2-7,12-13,17H,8-11,24-25H2,1H3. The lowest BCUT2D eigenvalue weighted by molar-refractivity contribution is 0.386. The van der Waals surface area contributed by atoms with Gasteiger partial charge in [0.25, 0.3) is 0 Å². The van der Waals surface area contributed by atoms with Crippen molar-refractivity contribution in [3.05, 3.63) is 54.5 Å². The van der Waals surface area contributed by atoms with E-state index in [0.29, 0.717) is 17.2 Å². The van der Waals surface area contributed by atoms with E-state index in [0.717, 1.165) is 42.8 Å². The highest BCUT2D eigenvalue weighted by molar-refractivity contribution is 5.81. The molecule has 1 fully saturated rings. The van der Waals surface area contributed by atoms with Gasteiger partial charge in [-0.2, -0.15) is 0 Å². The summed E-state index contributed by atoms with van der Waals surface area (Å²) in [5.74, 6) is 0.425. The first-order chi connectivity index (χ1) is 14.0. The van der Waals surface area contributed by atoms with Crippen molar-refractivity contribution < 1.29 is 9.13 Å². The third kappa shape index (κ3) is 4.00. The molecule has 1 aromatic heterocycles. The largest absolute Gasteiger partial charge is 0.494 e. The lowest BCUT2D eigenvalue weighted by Crippen LogP contribution is -2.40. The molecule has 0 aliphatic carbocycles. The molecule has 1 saturated heterocycles. The topological polar surface area (TPSA) is 90.3 Å². The second-order valence-corrected chi connectivity index (χ2v) is 7.23. The van der Waals surface area contributed by atoms with Gasteiger partial charge in [0.15, 0.2) is 11.6 Å². The smallest absolute Gasteiger partial charge is 0.225 e. The van der Waals surface area contributed by atoms with Crippen molar-refractivity contribution in [3.8, 4) is 28.1 Å². The molecule has 0 atom stereocenters. The second-order valence-electron chi connectivity index (χ2n) is 7.23. The van der Waals surface area contributed by atoms with Gasteiger partial charge in [0.1, 0.15) is 0 Å². The summed E-state index contributed by atoms with van der Waals surface area (Å²) in [5, 5.41) is 0. The minimum Gasteiger partial charge on any atom is -0.494 e. The van der Waals surface area contributed by atoms with Gasteiger partial charge in [0, 0.05) is 42.1 Å². The van der Waals surface area contributed by atoms with Gasteiger partial charge in [-0.1, -0.05) is 18.2 Å². The molecular weight excluding hydrogens is 369 g/mol. The Morgan fingerprint density at radius 1 is 1.07 bits per heavy atom. The summed E-state index contributed by atoms with van der Waals surface area (Å²) >= 11 is 0. The molecule has 0 saturated carbocycles. The number of hydrogen-bond acceptors (Lipinski definition) is 6. The number of nitrogens with zero attached hydrogens (tertiary/aromatic N) is 3. The van der Waals surface area contributed by atoms with Crippen LogP contribution >= 0.6 is 0 Å². The lowest BCUT2D eigenvalue weighted by Gasteiger charge is -2.30. The van der Waals surface area contributed by atoms with Crippen LogP contribution in [-0.4, -0.2) is 36.2 Å². The summed E-state index contributed by atoms with van der Waals surface area (Å²) in [5.41, 5.74) is 15.6. The van der Waals surface area contributed by atoms with Gasteiger partial charge < -0.3 is 21.1 Å². The molecule has 1 aliphatic heterocycles. The first-order valence-corrected chi connectivity index (χ1v) is 9.62. The summed E-state index contributed by atoms with van der Waals surface area (Å²) in [6.45, 7) is 1.64. The number of hydrogen-bond donors (Lipinski definition) is 2. The Kier molecular flexibility index (Phi) is 5.31. The summed E-state index contributed by atoms with van der Waals surface area (Å²) in [4.78, 5) is 11.6. The molecule has 3 aromatic rings. The van der Waals surface area contributed by atoms with Crippen LogP contribution in [0.4, 0.5) is 16.0 Å². The molecule has 0 spiro atoms. The monoisotopic (exact) mass is 393 g/mol. The third-order valence-corrected chi connectivity index (χ3v) is 5.25. The number of anilines is 2. The minimum atomic E-state index is -0.428. The maximum absolute atomic E-state index is 14.3. The molecule has 150 valence electrons. The highest BCUT2D eigenvalue weighted by atomic mass is 19.1. The molecule has 2 heterocycles. The molecular formula is C22H24FN5O. The Labute approximate surface area is 169 Å². The molecule has 2 aromatic carbocycles. The Morgan fingerprint density at radius 2 is 1.76 bits per heavy atom. The van der Waals surface area contributed by atoms with Crippen molar-refractivity contribution >= 4 is 11.6 Å². The second kappa shape index (κ2) is 8.05. The molecule has 0 amide bonds. The van der Waals surface area contributed by atoms with E-state index in [9.17, 15) is 4.39 Å². The fraction of sp³-hybridized carbons (Fsp3) is 0.273. The summed E-state index contributed by atoms with van der Waals surface area (Å²) in [6, 6.07) is 12.6. The number of aromatic nitrogens is 2. The van der Waals surface area contributed by atoms with E-state index in [1.807, 2.05) is 24.3 Å². The van der Waals surface area contributed by atoms with Gasteiger partial charge in [0.2, 0.25) is 5.95 Å². The fourth-order valence-electron chi connectivity index (χ4n) is 3.53. The Hall–Kier alpha value is -3.19. The zero-order chi connectivity index (χ0) is 20.4. The SMILES string of the molecule is COc1ccc(-c2cnc(N3CCC(N)CC3)nc2-c2ccc(N)cc2)cc1F. The fourth-order valence-corrected chi connectivity index (χ4v) is 3.53. The first kappa shape index (κ1) is 19.1. The molecule has 6 nitrogen and oxygen atoms in total. The Balaban J connectivity index is 1.80. The van der Waals surface area contributed by atoms with Crippen molar-refractivity contribution in [2.24, 2.45) is 5.73 Å². The summed E-state index contributed by atoms with van der Waals surface area (Å²) in [7, 11) is 1.44. The van der Waals surface area contributed by atoms with E-state index in [1.54, 1.807) is 18.3 Å². The van der Waals surface area contributed by atoms with Crippen molar-refractivity contribution in [1.29, 1.82) is 0 Å². The number of nitrogens with two attached hydrogens (primary N) is 2. The lowest BCUT2D eigenvalue weighted by atomic mass is 10.00. The number of methoxy groups -OCH3 is 1. The summed E-state index contributed by atoms with van der Waals surface area (Å²) in [6.07, 6.45) is 3.57. The molecule has 1 aliphatic rings. The van der Waals surface area contributed by atoms with Crippen LogP contribution in [0, 0.1) is 5.82 Å². The van der Waals surface area contributed by atoms with Crippen LogP contribution in [0.1, 0.15) is 12.8 Å². The van der Waals surface area contributed by atoms with Gasteiger partial charge in [0.05, 0.1) is 12.8 Å². The predicted molar refractivity (Wildman–Crippen MR) is 113 cm³/mol. The van der Waals surface area contributed by atoms with E-state index in [-0.39, 0.29) is 11.8 Å². The average molecular weight is 393 g/mol. The molecule has 0 bridgehead atoms. The highest BCUT2D eigenvalue weighted by Gasteiger charge is 2.21. The maximum Gasteiger partial charge on any atom is 0.225 e. The average Bonchev–Trinajstić information content (AvgIpc) is 2.74. The van der Waals surface area contributed by atoms with Crippen LogP contribution < -0.4 is 21.1 Å². The highest BCUT2D eigenvalue weighted by Crippen LogP contribution is 2.34. The Morgan fingerprint density at radius 3 is 2.41 bits per heavy atom. The van der Waals surface area contributed by atoms with Gasteiger partial charge in [-0.3, -0.25) is 0 Å². The molecule has 7 heteroatoms. The molecule has 29 heavy (non-hydrogen) atoms. The normalized spacial score (nSPS) is 14.8. The van der Waals surface area contributed by atoms with Crippen molar-refractivity contribution in [1.82, 2.24) is 9.97 Å². The van der Waals surface area contributed by atoms with Crippen LogP contribution in [0.15, 0.2) is 48.7 Å². The van der Waals surface area contributed by atoms with Crippen molar-refractivity contribution in [2.75, 3.05) is 30.8 Å². The van der Waals surface area contributed by atoms with Crippen LogP contribution in [0.2, 0.25) is 0 Å². The van der Waals surface area contributed by atoms with Gasteiger partial charge in [-0.05, 0) is 42.7 Å². The van der Waals surface area contributed by atoms with E-state index in [1.165, 1.54) is 13.2 Å². The minimum absolute atomic E-state index is 0.199. The quantitative estimate of drug-likeness (QED) is 0.660. The van der Waals surface area contributed by atoms with Crippen LogP contribution in [0.3, 0.4) is 0 Å². The van der Waals surface area contributed by atoms with Crippen molar-refractivity contribution in [2.45, 2.75) is 18.9 Å². The van der Waals surface area contributed by atoms with Crippen LogP contribution in [0.25, 0.3) is 22.4 Å². The Bertz CT molecular complexity index is 1000. The number of ether oxygens (including phenoxy) is 1. The van der Waals surface area contributed by atoms with Gasteiger partial charge in [-0.25, -0.2) is 14.4 Å². The van der Waals surface area contributed by atoms with Crippen molar-refractivity contribution in [3.63, 3.8) is 0 Å². The number of halogens is 1. The van der Waals surface area contributed by atoms with E-state index in [4.69, 9.17) is 21.2 Å². The zero-order valence-corrected chi connectivity index (χ0v) is 16.3. The number of benzene rings is 2. The molecule has 4 N–H and O–H groups in total. The van der Waals surface area contributed by atoms with E-state index >= 15 is 0 Å². The van der Waals surface area contributed by atoms with Crippen LogP contribution in [-0.2, 0) is 0 Å². The van der Waals surface area contributed by atoms with Crippen LogP contribution in [0.5, 0.6) is 5.75 Å². The number of nitrogen functional groups attached to an aromatic ring is 1. The predicted octanol–water partition coefficient (Wildman–Crippen LogP) is 3.47. The molecule has 0 radical (unpaired) electrons. The van der Waals surface area contributed by atoms with E-state index in [2.05, 4.69) is 9.88 Å².